The molecule has 0 aliphatic carbocycles. The number of methoxy groups -OCH3 is 1. The quantitative estimate of drug-likeness (QED) is 0.773. The average Bonchev–Trinajstić information content (AvgIpc) is 2.44. The van der Waals surface area contributed by atoms with Gasteiger partial charge in [-0.1, -0.05) is 31.0 Å². The molecule has 1 aromatic rings. The number of hydrogen-bond acceptors (Lipinski definition) is 3. The van der Waals surface area contributed by atoms with Crippen molar-refractivity contribution in [2.45, 2.75) is 38.6 Å². The van der Waals surface area contributed by atoms with Gasteiger partial charge in [-0.3, -0.25) is 4.79 Å². The first kappa shape index (κ1) is 17.3. The number of hydrogen-bond donors (Lipinski definition) is 2. The number of rotatable bonds is 8. The predicted molar refractivity (Wildman–Crippen MR) is 80.8 cm³/mol. The molecule has 0 aromatic heterocycles. The summed E-state index contributed by atoms with van der Waals surface area (Å²) in [7, 11) is 1.54. The van der Waals surface area contributed by atoms with Crippen LogP contribution in [0, 0.1) is 0 Å². The number of aryl methyl sites for hydroxylation is 1. The molecule has 0 heterocycles. The molecule has 1 unspecified atom stereocenters. The minimum absolute atomic E-state index is 0.218. The minimum atomic E-state index is -1.00. The summed E-state index contributed by atoms with van der Waals surface area (Å²) in [5, 5.41) is 12.0. The molecule has 21 heavy (non-hydrogen) atoms. The van der Waals surface area contributed by atoms with Crippen molar-refractivity contribution in [1.29, 1.82) is 0 Å². The maximum atomic E-state index is 11.8. The van der Waals surface area contributed by atoms with Crippen LogP contribution in [0.2, 0.25) is 5.02 Å². The van der Waals surface area contributed by atoms with E-state index < -0.39 is 12.0 Å². The second kappa shape index (κ2) is 8.52. The maximum absolute atomic E-state index is 11.8. The van der Waals surface area contributed by atoms with Gasteiger partial charge in [0.25, 0.3) is 0 Å². The van der Waals surface area contributed by atoms with Crippen LogP contribution in [0.4, 0.5) is 0 Å². The Hall–Kier alpha value is -1.75. The van der Waals surface area contributed by atoms with Crippen molar-refractivity contribution < 1.29 is 19.4 Å². The van der Waals surface area contributed by atoms with Gasteiger partial charge in [-0.25, -0.2) is 4.79 Å². The fourth-order valence-corrected chi connectivity index (χ4v) is 2.22. The number of benzene rings is 1. The number of carboxylic acid groups (broad SMARTS) is 1. The average molecular weight is 314 g/mol. The van der Waals surface area contributed by atoms with Crippen LogP contribution >= 0.6 is 11.6 Å². The lowest BCUT2D eigenvalue weighted by Crippen LogP contribution is -2.40. The summed E-state index contributed by atoms with van der Waals surface area (Å²) in [5.41, 5.74) is 0.901. The summed E-state index contributed by atoms with van der Waals surface area (Å²) in [4.78, 5) is 22.8. The van der Waals surface area contributed by atoms with E-state index >= 15 is 0 Å². The highest BCUT2D eigenvalue weighted by Gasteiger charge is 2.18. The van der Waals surface area contributed by atoms with Gasteiger partial charge >= 0.3 is 5.97 Å². The van der Waals surface area contributed by atoms with Gasteiger partial charge in [0, 0.05) is 6.42 Å². The molecule has 0 aliphatic rings. The van der Waals surface area contributed by atoms with Crippen LogP contribution in [0.5, 0.6) is 5.75 Å². The molecule has 5 nitrogen and oxygen atoms in total. The zero-order chi connectivity index (χ0) is 15.8. The largest absolute Gasteiger partial charge is 0.495 e. The number of aliphatic carboxylic acids is 1. The predicted octanol–water partition coefficient (Wildman–Crippen LogP) is 2.65. The molecular formula is C15H20ClNO4. The summed E-state index contributed by atoms with van der Waals surface area (Å²) < 4.78 is 5.05. The second-order valence-corrected chi connectivity index (χ2v) is 5.12. The molecule has 0 saturated heterocycles. The zero-order valence-electron chi connectivity index (χ0n) is 12.2. The smallest absolute Gasteiger partial charge is 0.326 e. The van der Waals surface area contributed by atoms with Crippen LogP contribution in [0.25, 0.3) is 0 Å². The second-order valence-electron chi connectivity index (χ2n) is 4.72. The molecule has 0 radical (unpaired) electrons. The Bertz CT molecular complexity index is 504. The minimum Gasteiger partial charge on any atom is -0.495 e. The number of amides is 1. The van der Waals surface area contributed by atoms with Gasteiger partial charge in [-0.2, -0.15) is 0 Å². The third kappa shape index (κ3) is 5.63. The normalized spacial score (nSPS) is 11.8. The van der Waals surface area contributed by atoms with Gasteiger partial charge in [-0.05, 0) is 30.5 Å². The molecule has 0 spiro atoms. The van der Waals surface area contributed by atoms with E-state index in [-0.39, 0.29) is 12.3 Å². The highest BCUT2D eigenvalue weighted by molar-refractivity contribution is 6.32. The van der Waals surface area contributed by atoms with E-state index in [0.29, 0.717) is 30.0 Å². The van der Waals surface area contributed by atoms with E-state index in [1.54, 1.807) is 12.1 Å². The third-order valence-electron chi connectivity index (χ3n) is 3.07. The Kier molecular flexibility index (Phi) is 7.02. The molecule has 0 aliphatic heterocycles. The Balaban J connectivity index is 2.52. The van der Waals surface area contributed by atoms with E-state index in [1.807, 2.05) is 13.0 Å². The highest BCUT2D eigenvalue weighted by atomic mass is 35.5. The summed E-state index contributed by atoms with van der Waals surface area (Å²) in [6, 6.07) is 4.50. The molecule has 2 N–H and O–H groups in total. The van der Waals surface area contributed by atoms with Gasteiger partial charge in [0.1, 0.15) is 11.8 Å². The Morgan fingerprint density at radius 1 is 1.43 bits per heavy atom. The molecular weight excluding hydrogens is 294 g/mol. The van der Waals surface area contributed by atoms with E-state index in [4.69, 9.17) is 21.4 Å². The van der Waals surface area contributed by atoms with Crippen molar-refractivity contribution in [2.75, 3.05) is 7.11 Å². The third-order valence-corrected chi connectivity index (χ3v) is 3.36. The first-order valence-corrected chi connectivity index (χ1v) is 7.20. The molecule has 0 fully saturated rings. The Labute approximate surface area is 129 Å². The molecule has 0 saturated carbocycles. The van der Waals surface area contributed by atoms with E-state index in [0.717, 1.165) is 5.56 Å². The summed E-state index contributed by atoms with van der Waals surface area (Å²) in [6.07, 6.45) is 1.84. The lowest BCUT2D eigenvalue weighted by molar-refractivity contribution is -0.142. The number of ether oxygens (including phenoxy) is 1. The summed E-state index contributed by atoms with van der Waals surface area (Å²) in [6.45, 7) is 1.88. The number of nitrogens with one attached hydrogen (secondary N) is 1. The van der Waals surface area contributed by atoms with Crippen molar-refractivity contribution in [3.05, 3.63) is 28.8 Å². The van der Waals surface area contributed by atoms with Crippen LogP contribution in [-0.2, 0) is 16.0 Å². The van der Waals surface area contributed by atoms with Crippen LogP contribution in [0.1, 0.15) is 31.7 Å². The van der Waals surface area contributed by atoms with Crippen molar-refractivity contribution in [3.8, 4) is 5.75 Å². The van der Waals surface area contributed by atoms with Gasteiger partial charge in [-0.15, -0.1) is 0 Å². The number of halogens is 1. The maximum Gasteiger partial charge on any atom is 0.326 e. The lowest BCUT2D eigenvalue weighted by Gasteiger charge is -2.13. The fraction of sp³-hybridized carbons (Fsp3) is 0.467. The Morgan fingerprint density at radius 2 is 2.14 bits per heavy atom. The number of carbonyl (C=O) groups excluding carboxylic acids is 1. The van der Waals surface area contributed by atoms with E-state index in [2.05, 4.69) is 5.32 Å². The van der Waals surface area contributed by atoms with Gasteiger partial charge in [0.2, 0.25) is 5.91 Å². The van der Waals surface area contributed by atoms with Crippen molar-refractivity contribution in [3.63, 3.8) is 0 Å². The molecule has 6 heteroatoms. The molecule has 116 valence electrons. The highest BCUT2D eigenvalue weighted by Crippen LogP contribution is 2.25. The number of carboxylic acids is 1. The van der Waals surface area contributed by atoms with Crippen molar-refractivity contribution in [2.24, 2.45) is 0 Å². The first-order chi connectivity index (χ1) is 9.97. The molecule has 1 rings (SSSR count). The molecule has 0 bridgehead atoms. The first-order valence-electron chi connectivity index (χ1n) is 6.82. The van der Waals surface area contributed by atoms with Gasteiger partial charge < -0.3 is 15.2 Å². The zero-order valence-corrected chi connectivity index (χ0v) is 12.9. The van der Waals surface area contributed by atoms with Gasteiger partial charge in [0.15, 0.2) is 0 Å². The van der Waals surface area contributed by atoms with Crippen molar-refractivity contribution in [1.82, 2.24) is 5.32 Å². The monoisotopic (exact) mass is 313 g/mol. The standard InChI is InChI=1S/C15H20ClNO4/c1-3-4-12(15(19)20)17-14(18)8-6-10-5-7-13(21-2)11(16)9-10/h5,7,9,12H,3-4,6,8H2,1-2H3,(H,17,18)(H,19,20). The van der Waals surface area contributed by atoms with E-state index in [9.17, 15) is 9.59 Å². The van der Waals surface area contributed by atoms with Gasteiger partial charge in [0.05, 0.1) is 12.1 Å². The fourth-order valence-electron chi connectivity index (χ4n) is 1.94. The van der Waals surface area contributed by atoms with Crippen LogP contribution in [-0.4, -0.2) is 30.1 Å². The molecule has 1 amide bonds. The number of carbonyl (C=O) groups is 2. The van der Waals surface area contributed by atoms with E-state index in [1.165, 1.54) is 7.11 Å². The molecule has 1 aromatic carbocycles. The summed E-state index contributed by atoms with van der Waals surface area (Å²) in [5.74, 6) is -0.695. The molecule has 1 atom stereocenters. The lowest BCUT2D eigenvalue weighted by atomic mass is 10.1. The van der Waals surface area contributed by atoms with Crippen LogP contribution in [0.3, 0.4) is 0 Å². The Morgan fingerprint density at radius 3 is 2.67 bits per heavy atom. The topological polar surface area (TPSA) is 75.6 Å². The van der Waals surface area contributed by atoms with Crippen LogP contribution in [0.15, 0.2) is 18.2 Å². The van der Waals surface area contributed by atoms with Crippen LogP contribution < -0.4 is 10.1 Å². The summed E-state index contributed by atoms with van der Waals surface area (Å²) >= 11 is 6.01. The SMILES string of the molecule is CCCC(NC(=O)CCc1ccc(OC)c(Cl)c1)C(=O)O. The van der Waals surface area contributed by atoms with Crippen molar-refractivity contribution >= 4 is 23.5 Å².